The van der Waals surface area contributed by atoms with E-state index in [4.69, 9.17) is 38.6 Å². The molecule has 1 aromatic rings. The molecular weight excluding hydrogens is 307 g/mol. The van der Waals surface area contributed by atoms with Crippen LogP contribution in [0.3, 0.4) is 0 Å². The lowest BCUT2D eigenvalue weighted by Crippen LogP contribution is -2.05. The van der Waals surface area contributed by atoms with E-state index in [1.807, 2.05) is 13.8 Å². The molecule has 17 heavy (non-hydrogen) atoms. The lowest BCUT2D eigenvalue weighted by molar-refractivity contribution is 0.271. The number of benzene rings is 1. The third-order valence-electron chi connectivity index (χ3n) is 1.82. The Morgan fingerprint density at radius 3 is 2.29 bits per heavy atom. The van der Waals surface area contributed by atoms with E-state index in [1.54, 1.807) is 0 Å². The van der Waals surface area contributed by atoms with Gasteiger partial charge in [0.15, 0.2) is 0 Å². The normalized spacial score (nSPS) is 11.9. The maximum atomic E-state index is 11.2. The van der Waals surface area contributed by atoms with Crippen LogP contribution in [0.1, 0.15) is 13.8 Å². The van der Waals surface area contributed by atoms with Gasteiger partial charge in [-0.05, 0) is 12.0 Å². The molecule has 7 heteroatoms. The summed E-state index contributed by atoms with van der Waals surface area (Å²) in [4.78, 5) is -0.220. The summed E-state index contributed by atoms with van der Waals surface area (Å²) < 4.78 is 27.7. The molecule has 0 fully saturated rings. The molecule has 0 spiro atoms. The first-order valence-corrected chi connectivity index (χ1v) is 7.85. The summed E-state index contributed by atoms with van der Waals surface area (Å²) in [6.07, 6.45) is 0. The van der Waals surface area contributed by atoms with Crippen LogP contribution < -0.4 is 4.74 Å². The van der Waals surface area contributed by atoms with Gasteiger partial charge in [-0.1, -0.05) is 37.0 Å². The molecule has 1 rings (SSSR count). The van der Waals surface area contributed by atoms with Gasteiger partial charge in [-0.3, -0.25) is 0 Å². The topological polar surface area (TPSA) is 43.4 Å². The summed E-state index contributed by atoms with van der Waals surface area (Å²) in [5.41, 5.74) is 0. The number of hydrogen-bond acceptors (Lipinski definition) is 3. The zero-order chi connectivity index (χ0) is 13.2. The second kappa shape index (κ2) is 5.65. The minimum absolute atomic E-state index is 0.0110. The number of ether oxygens (including phenoxy) is 1. The van der Waals surface area contributed by atoms with Crippen molar-refractivity contribution in [2.45, 2.75) is 18.7 Å². The van der Waals surface area contributed by atoms with E-state index < -0.39 is 9.05 Å². The van der Waals surface area contributed by atoms with Crippen LogP contribution in [0.15, 0.2) is 17.0 Å². The maximum absolute atomic E-state index is 11.2. The number of halogens is 3. The molecule has 0 radical (unpaired) electrons. The first-order chi connectivity index (χ1) is 7.71. The van der Waals surface area contributed by atoms with E-state index in [0.29, 0.717) is 18.3 Å². The molecule has 0 amide bonds. The van der Waals surface area contributed by atoms with Gasteiger partial charge < -0.3 is 4.74 Å². The van der Waals surface area contributed by atoms with E-state index in [9.17, 15) is 8.42 Å². The summed E-state index contributed by atoms with van der Waals surface area (Å²) >= 11 is 11.7. The monoisotopic (exact) mass is 316 g/mol. The first kappa shape index (κ1) is 14.9. The van der Waals surface area contributed by atoms with Gasteiger partial charge in [-0.2, -0.15) is 0 Å². The van der Waals surface area contributed by atoms with Gasteiger partial charge in [-0.25, -0.2) is 8.42 Å². The highest BCUT2D eigenvalue weighted by molar-refractivity contribution is 8.13. The van der Waals surface area contributed by atoms with Gasteiger partial charge in [-0.15, -0.1) is 0 Å². The van der Waals surface area contributed by atoms with Gasteiger partial charge in [0.05, 0.1) is 16.7 Å². The van der Waals surface area contributed by atoms with Gasteiger partial charge in [0.1, 0.15) is 10.6 Å². The summed E-state index contributed by atoms with van der Waals surface area (Å²) in [5.74, 6) is 0.663. The Morgan fingerprint density at radius 2 is 1.82 bits per heavy atom. The van der Waals surface area contributed by atoms with Gasteiger partial charge in [0.2, 0.25) is 0 Å². The molecule has 3 nitrogen and oxygen atoms in total. The second-order valence-corrected chi connectivity index (χ2v) is 7.20. The van der Waals surface area contributed by atoms with E-state index in [1.165, 1.54) is 12.1 Å². The largest absolute Gasteiger partial charge is 0.492 e. The molecule has 1 aromatic carbocycles. The Labute approximate surface area is 115 Å². The zero-order valence-corrected chi connectivity index (χ0v) is 12.3. The van der Waals surface area contributed by atoms with Crippen LogP contribution in [0.5, 0.6) is 5.75 Å². The molecule has 0 aliphatic carbocycles. The summed E-state index contributed by atoms with van der Waals surface area (Å²) in [6.45, 7) is 4.42. The molecule has 0 aliphatic heterocycles. The van der Waals surface area contributed by atoms with Crippen molar-refractivity contribution in [3.8, 4) is 5.75 Å². The first-order valence-electron chi connectivity index (χ1n) is 4.78. The average Bonchev–Trinajstić information content (AvgIpc) is 2.17. The fourth-order valence-electron chi connectivity index (χ4n) is 1.06. The van der Waals surface area contributed by atoms with Crippen molar-refractivity contribution in [2.24, 2.45) is 5.92 Å². The Kier molecular flexibility index (Phi) is 4.95. The SMILES string of the molecule is CC(C)COc1cc(Cl)c(S(=O)(=O)Cl)cc1Cl. The Morgan fingerprint density at radius 1 is 1.24 bits per heavy atom. The van der Waals surface area contributed by atoms with E-state index in [2.05, 4.69) is 0 Å². The van der Waals surface area contributed by atoms with Gasteiger partial charge in [0, 0.05) is 16.7 Å². The van der Waals surface area contributed by atoms with Crippen molar-refractivity contribution in [2.75, 3.05) is 6.61 Å². The van der Waals surface area contributed by atoms with Crippen molar-refractivity contribution in [1.29, 1.82) is 0 Å². The van der Waals surface area contributed by atoms with E-state index in [-0.39, 0.29) is 14.9 Å². The second-order valence-electron chi connectivity index (χ2n) is 3.86. The highest BCUT2D eigenvalue weighted by Gasteiger charge is 2.18. The lowest BCUT2D eigenvalue weighted by Gasteiger charge is -2.11. The molecule has 0 bridgehead atoms. The summed E-state index contributed by atoms with van der Waals surface area (Å²) in [5, 5.41) is 0.150. The molecule has 96 valence electrons. The third-order valence-corrected chi connectivity index (χ3v) is 3.90. The molecule has 0 aliphatic rings. The predicted molar refractivity (Wildman–Crippen MR) is 69.8 cm³/mol. The molecule has 0 atom stereocenters. The van der Waals surface area contributed by atoms with Gasteiger partial charge >= 0.3 is 0 Å². The highest BCUT2D eigenvalue weighted by atomic mass is 35.7. The van der Waals surface area contributed by atoms with Crippen molar-refractivity contribution in [3.63, 3.8) is 0 Å². The molecule has 0 unspecified atom stereocenters. The summed E-state index contributed by atoms with van der Waals surface area (Å²) in [6, 6.07) is 2.53. The minimum atomic E-state index is -3.90. The zero-order valence-electron chi connectivity index (χ0n) is 9.21. The molecule has 0 saturated carbocycles. The maximum Gasteiger partial charge on any atom is 0.262 e. The number of rotatable bonds is 4. The fourth-order valence-corrected chi connectivity index (χ4v) is 2.86. The standard InChI is InChI=1S/C10H11Cl3O3S/c1-6(2)5-16-9-3-8(12)10(4-7(9)11)17(13,14)15/h3-4,6H,5H2,1-2H3. The van der Waals surface area contributed by atoms with Crippen molar-refractivity contribution in [3.05, 3.63) is 22.2 Å². The van der Waals surface area contributed by atoms with Crippen LogP contribution >= 0.6 is 33.9 Å². The highest BCUT2D eigenvalue weighted by Crippen LogP contribution is 2.35. The van der Waals surface area contributed by atoms with Crippen LogP contribution in [0.4, 0.5) is 0 Å². The van der Waals surface area contributed by atoms with Crippen LogP contribution in [-0.2, 0) is 9.05 Å². The van der Waals surface area contributed by atoms with Crippen LogP contribution in [-0.4, -0.2) is 15.0 Å². The molecule has 0 aromatic heterocycles. The fraction of sp³-hybridized carbons (Fsp3) is 0.400. The quantitative estimate of drug-likeness (QED) is 0.790. The summed E-state index contributed by atoms with van der Waals surface area (Å²) in [7, 11) is 1.30. The Balaban J connectivity index is 3.10. The van der Waals surface area contributed by atoms with Crippen molar-refractivity contribution < 1.29 is 13.2 Å². The minimum Gasteiger partial charge on any atom is -0.492 e. The van der Waals surface area contributed by atoms with E-state index >= 15 is 0 Å². The Bertz CT molecular complexity index is 512. The van der Waals surface area contributed by atoms with Crippen LogP contribution in [0.2, 0.25) is 10.0 Å². The van der Waals surface area contributed by atoms with Crippen molar-refractivity contribution >= 4 is 42.9 Å². The number of hydrogen-bond donors (Lipinski definition) is 0. The molecular formula is C10H11Cl3O3S. The van der Waals surface area contributed by atoms with Crippen molar-refractivity contribution in [1.82, 2.24) is 0 Å². The molecule has 0 saturated heterocycles. The van der Waals surface area contributed by atoms with E-state index in [0.717, 1.165) is 0 Å². The Hall–Kier alpha value is -0.160. The van der Waals surface area contributed by atoms with Crippen LogP contribution in [0.25, 0.3) is 0 Å². The average molecular weight is 318 g/mol. The predicted octanol–water partition coefficient (Wildman–Crippen LogP) is 3.96. The lowest BCUT2D eigenvalue weighted by atomic mass is 10.2. The molecule has 0 N–H and O–H groups in total. The smallest absolute Gasteiger partial charge is 0.262 e. The third kappa shape index (κ3) is 4.21. The molecule has 0 heterocycles. The van der Waals surface area contributed by atoms with Crippen LogP contribution in [0, 0.1) is 5.92 Å². The van der Waals surface area contributed by atoms with Gasteiger partial charge in [0.25, 0.3) is 9.05 Å².